The lowest BCUT2D eigenvalue weighted by molar-refractivity contribution is 0.785. The Morgan fingerprint density at radius 2 is 2.29 bits per heavy atom. The Labute approximate surface area is 104 Å². The number of tetrazole rings is 1. The van der Waals surface area contributed by atoms with Crippen molar-refractivity contribution < 1.29 is 0 Å². The van der Waals surface area contributed by atoms with Crippen LogP contribution in [0.5, 0.6) is 0 Å². The fourth-order valence-electron chi connectivity index (χ4n) is 1.89. The van der Waals surface area contributed by atoms with Crippen molar-refractivity contribution in [1.29, 1.82) is 0 Å². The third-order valence-electron chi connectivity index (χ3n) is 3.06. The number of hydrogen-bond acceptors (Lipinski definition) is 4. The zero-order chi connectivity index (χ0) is 11.8. The topological polar surface area (TPSA) is 49.7 Å². The smallest absolute Gasteiger partial charge is 0.242 e. The van der Waals surface area contributed by atoms with Crippen LogP contribution in [0.1, 0.15) is 12.8 Å². The zero-order valence-corrected chi connectivity index (χ0v) is 10.3. The van der Waals surface area contributed by atoms with Crippen molar-refractivity contribution in [2.75, 3.05) is 11.9 Å². The van der Waals surface area contributed by atoms with Crippen molar-refractivity contribution >= 4 is 17.9 Å². The molecule has 0 bridgehead atoms. The Bertz CT molecular complexity index is 583. The van der Waals surface area contributed by atoms with Crippen LogP contribution in [-0.4, -0.2) is 33.3 Å². The van der Waals surface area contributed by atoms with Crippen LogP contribution in [0, 0.1) is 4.77 Å². The second-order valence-corrected chi connectivity index (χ2v) is 4.65. The first-order valence-electron chi connectivity index (χ1n) is 5.59. The second-order valence-electron chi connectivity index (χ2n) is 4.28. The molecule has 1 fully saturated rings. The van der Waals surface area contributed by atoms with E-state index in [0.717, 1.165) is 5.69 Å². The van der Waals surface area contributed by atoms with E-state index in [-0.39, 0.29) is 0 Å². The van der Waals surface area contributed by atoms with E-state index >= 15 is 0 Å². The number of nitrogens with one attached hydrogen (secondary N) is 1. The van der Waals surface area contributed by atoms with E-state index in [1.54, 1.807) is 4.68 Å². The molecule has 5 nitrogen and oxygen atoms in total. The van der Waals surface area contributed by atoms with Crippen LogP contribution in [0.2, 0.25) is 0 Å². The number of hydrogen-bond donors (Lipinski definition) is 1. The van der Waals surface area contributed by atoms with E-state index in [2.05, 4.69) is 39.6 Å². The summed E-state index contributed by atoms with van der Waals surface area (Å²) >= 11 is 5.08. The summed E-state index contributed by atoms with van der Waals surface area (Å²) in [6.45, 7) is 0. The van der Waals surface area contributed by atoms with Gasteiger partial charge in [-0.15, -0.1) is 0 Å². The molecule has 0 saturated heterocycles. The summed E-state index contributed by atoms with van der Waals surface area (Å²) in [6, 6.07) is 8.90. The van der Waals surface area contributed by atoms with Gasteiger partial charge < -0.3 is 4.90 Å². The van der Waals surface area contributed by atoms with E-state index in [1.807, 2.05) is 12.1 Å². The molecule has 1 aliphatic carbocycles. The number of nitrogens with zero attached hydrogens (tertiary/aromatic N) is 4. The Morgan fingerprint density at radius 1 is 1.47 bits per heavy atom. The standard InChI is InChI=1S/C11H13N5S/c1-15(8-5-6-8)9-3-2-4-10(7-9)16-11(17)12-13-14-16/h2-4,7-8H,5-6H2,1H3,(H,12,14,17). The largest absolute Gasteiger partial charge is 0.372 e. The van der Waals surface area contributed by atoms with Crippen LogP contribution >= 0.6 is 12.2 Å². The molecule has 1 N–H and O–H groups in total. The summed E-state index contributed by atoms with van der Waals surface area (Å²) < 4.78 is 2.13. The summed E-state index contributed by atoms with van der Waals surface area (Å²) in [6.07, 6.45) is 2.57. The van der Waals surface area contributed by atoms with Crippen molar-refractivity contribution in [1.82, 2.24) is 20.2 Å². The zero-order valence-electron chi connectivity index (χ0n) is 9.50. The molecule has 0 amide bonds. The molecule has 1 saturated carbocycles. The predicted molar refractivity (Wildman–Crippen MR) is 68.0 cm³/mol. The molecule has 0 aliphatic heterocycles. The number of aromatic nitrogens is 4. The highest BCUT2D eigenvalue weighted by molar-refractivity contribution is 7.71. The van der Waals surface area contributed by atoms with Gasteiger partial charge in [-0.2, -0.15) is 5.21 Å². The van der Waals surface area contributed by atoms with Gasteiger partial charge in [0.05, 0.1) is 5.69 Å². The number of anilines is 1. The molecular formula is C11H13N5S. The lowest BCUT2D eigenvalue weighted by Gasteiger charge is -2.19. The minimum Gasteiger partial charge on any atom is -0.372 e. The van der Waals surface area contributed by atoms with Crippen LogP contribution in [0.25, 0.3) is 5.69 Å². The molecule has 17 heavy (non-hydrogen) atoms. The molecule has 3 rings (SSSR count). The summed E-state index contributed by atoms with van der Waals surface area (Å²) in [5, 5.41) is 10.2. The maximum absolute atomic E-state index is 5.08. The van der Waals surface area contributed by atoms with Crippen LogP contribution in [0.4, 0.5) is 5.69 Å². The minimum absolute atomic E-state index is 0.441. The third kappa shape index (κ3) is 1.95. The van der Waals surface area contributed by atoms with Gasteiger partial charge in [0.15, 0.2) is 0 Å². The SMILES string of the molecule is CN(c1cccc(-n2[nH]nnc2=S)c1)C1CC1. The normalized spacial score (nSPS) is 14.9. The summed E-state index contributed by atoms with van der Waals surface area (Å²) in [4.78, 5) is 2.30. The van der Waals surface area contributed by atoms with Crippen LogP contribution < -0.4 is 4.90 Å². The van der Waals surface area contributed by atoms with Crippen molar-refractivity contribution in [2.24, 2.45) is 0 Å². The van der Waals surface area contributed by atoms with Gasteiger partial charge in [0.1, 0.15) is 0 Å². The van der Waals surface area contributed by atoms with Gasteiger partial charge in [-0.3, -0.25) is 0 Å². The highest BCUT2D eigenvalue weighted by atomic mass is 32.1. The highest BCUT2D eigenvalue weighted by Crippen LogP contribution is 2.30. The van der Waals surface area contributed by atoms with Crippen LogP contribution in [-0.2, 0) is 0 Å². The molecule has 0 spiro atoms. The fraction of sp³-hybridized carbons (Fsp3) is 0.364. The lowest BCUT2D eigenvalue weighted by atomic mass is 10.2. The van der Waals surface area contributed by atoms with Gasteiger partial charge in [0, 0.05) is 18.8 Å². The summed E-state index contributed by atoms with van der Waals surface area (Å²) in [5.41, 5.74) is 2.16. The minimum atomic E-state index is 0.441. The molecule has 1 aromatic carbocycles. The third-order valence-corrected chi connectivity index (χ3v) is 3.33. The molecule has 0 radical (unpaired) electrons. The van der Waals surface area contributed by atoms with E-state index < -0.39 is 0 Å². The van der Waals surface area contributed by atoms with E-state index in [1.165, 1.54) is 18.5 Å². The maximum Gasteiger partial charge on any atom is 0.242 e. The molecule has 0 unspecified atom stereocenters. The molecular weight excluding hydrogens is 234 g/mol. The van der Waals surface area contributed by atoms with Crippen molar-refractivity contribution in [3.8, 4) is 5.69 Å². The van der Waals surface area contributed by atoms with Gasteiger partial charge >= 0.3 is 0 Å². The number of H-pyrrole nitrogens is 1. The summed E-state index contributed by atoms with van der Waals surface area (Å²) in [5.74, 6) is 0. The maximum atomic E-state index is 5.08. The van der Waals surface area contributed by atoms with E-state index in [0.29, 0.717) is 10.8 Å². The Morgan fingerprint density at radius 3 is 2.94 bits per heavy atom. The number of benzene rings is 1. The molecule has 1 aliphatic rings. The fourth-order valence-corrected chi connectivity index (χ4v) is 2.08. The molecule has 2 aromatic rings. The van der Waals surface area contributed by atoms with Crippen LogP contribution in [0.15, 0.2) is 24.3 Å². The molecule has 1 aromatic heterocycles. The van der Waals surface area contributed by atoms with Crippen molar-refractivity contribution in [2.45, 2.75) is 18.9 Å². The monoisotopic (exact) mass is 247 g/mol. The summed E-state index contributed by atoms with van der Waals surface area (Å²) in [7, 11) is 2.13. The Kier molecular flexibility index (Phi) is 2.44. The van der Waals surface area contributed by atoms with Gasteiger partial charge in [-0.1, -0.05) is 16.4 Å². The quantitative estimate of drug-likeness (QED) is 0.842. The van der Waals surface area contributed by atoms with Gasteiger partial charge in [0.2, 0.25) is 4.77 Å². The molecule has 1 heterocycles. The molecule has 88 valence electrons. The highest BCUT2D eigenvalue weighted by Gasteiger charge is 2.26. The van der Waals surface area contributed by atoms with E-state index in [4.69, 9.17) is 12.2 Å². The number of rotatable bonds is 3. The molecule has 6 heteroatoms. The number of aromatic amines is 1. The van der Waals surface area contributed by atoms with Crippen LogP contribution in [0.3, 0.4) is 0 Å². The second kappa shape index (κ2) is 3.96. The Hall–Kier alpha value is -1.69. The van der Waals surface area contributed by atoms with Crippen molar-refractivity contribution in [3.63, 3.8) is 0 Å². The first kappa shape index (κ1) is 10.5. The molecule has 0 atom stereocenters. The van der Waals surface area contributed by atoms with Gasteiger partial charge in [-0.25, -0.2) is 4.68 Å². The van der Waals surface area contributed by atoms with Gasteiger partial charge in [0.25, 0.3) is 0 Å². The van der Waals surface area contributed by atoms with Gasteiger partial charge in [-0.05, 0) is 43.3 Å². The first-order chi connectivity index (χ1) is 8.25. The average molecular weight is 247 g/mol. The first-order valence-corrected chi connectivity index (χ1v) is 6.00. The van der Waals surface area contributed by atoms with E-state index in [9.17, 15) is 0 Å². The van der Waals surface area contributed by atoms with Crippen molar-refractivity contribution in [3.05, 3.63) is 29.0 Å². The Balaban J connectivity index is 1.99. The average Bonchev–Trinajstić information content (AvgIpc) is 3.11. The predicted octanol–water partition coefficient (Wildman–Crippen LogP) is 1.92. The lowest BCUT2D eigenvalue weighted by Crippen LogP contribution is -2.19.